The van der Waals surface area contributed by atoms with Gasteiger partial charge in [-0.25, -0.2) is 0 Å². The second-order valence-corrected chi connectivity index (χ2v) is 5.80. The molecule has 0 atom stereocenters. The zero-order chi connectivity index (χ0) is 14.4. The third-order valence-electron chi connectivity index (χ3n) is 4.02. The molecule has 2 rings (SSSR count). The Labute approximate surface area is 120 Å². The zero-order valence-electron chi connectivity index (χ0n) is 12.2. The van der Waals surface area contributed by atoms with Crippen molar-refractivity contribution in [2.45, 2.75) is 39.0 Å². The summed E-state index contributed by atoms with van der Waals surface area (Å²) in [4.78, 5) is 12.2. The average molecular weight is 276 g/mol. The van der Waals surface area contributed by atoms with Gasteiger partial charge in [0.15, 0.2) is 0 Å². The van der Waals surface area contributed by atoms with Gasteiger partial charge in [0.1, 0.15) is 12.4 Å². The lowest BCUT2D eigenvalue weighted by atomic mass is 9.75. The highest BCUT2D eigenvalue weighted by Gasteiger charge is 2.33. The smallest absolute Gasteiger partial charge is 0.226 e. The molecule has 0 unspecified atom stereocenters. The molecular formula is C16H24N2O2. The summed E-state index contributed by atoms with van der Waals surface area (Å²) in [6.07, 6.45) is 5.55. The molecule has 0 saturated heterocycles. The van der Waals surface area contributed by atoms with Crippen LogP contribution >= 0.6 is 0 Å². The van der Waals surface area contributed by atoms with Crippen molar-refractivity contribution >= 4 is 11.6 Å². The van der Waals surface area contributed by atoms with Gasteiger partial charge in [0.2, 0.25) is 5.91 Å². The largest absolute Gasteiger partial charge is 0.492 e. The molecule has 1 aliphatic rings. The second-order valence-electron chi connectivity index (χ2n) is 5.80. The molecule has 4 nitrogen and oxygen atoms in total. The number of rotatable bonds is 5. The SMILES string of the molecule is CC1(C(=O)NCCOc2cccc(N)c2)CCCCC1. The quantitative estimate of drug-likeness (QED) is 0.642. The van der Waals surface area contributed by atoms with Gasteiger partial charge in [0, 0.05) is 17.2 Å². The highest BCUT2D eigenvalue weighted by molar-refractivity contribution is 5.82. The number of hydrogen-bond donors (Lipinski definition) is 2. The first-order chi connectivity index (χ1) is 9.60. The first kappa shape index (κ1) is 14.7. The molecule has 0 bridgehead atoms. The van der Waals surface area contributed by atoms with Crippen molar-refractivity contribution in [3.63, 3.8) is 0 Å². The minimum absolute atomic E-state index is 0.161. The van der Waals surface area contributed by atoms with Gasteiger partial charge in [-0.1, -0.05) is 32.3 Å². The van der Waals surface area contributed by atoms with E-state index < -0.39 is 0 Å². The number of nitrogens with two attached hydrogens (primary N) is 1. The fraction of sp³-hybridized carbons (Fsp3) is 0.562. The Morgan fingerprint density at radius 2 is 2.10 bits per heavy atom. The Morgan fingerprint density at radius 1 is 1.35 bits per heavy atom. The number of carbonyl (C=O) groups excluding carboxylic acids is 1. The Kier molecular flexibility index (Phi) is 4.88. The number of nitrogens with one attached hydrogen (secondary N) is 1. The second kappa shape index (κ2) is 6.64. The maximum absolute atomic E-state index is 12.2. The molecule has 4 heteroatoms. The molecule has 1 fully saturated rings. The summed E-state index contributed by atoms with van der Waals surface area (Å²) < 4.78 is 5.56. The molecular weight excluding hydrogens is 252 g/mol. The summed E-state index contributed by atoms with van der Waals surface area (Å²) in [6, 6.07) is 7.32. The molecule has 1 aromatic carbocycles. The van der Waals surface area contributed by atoms with Crippen molar-refractivity contribution in [2.75, 3.05) is 18.9 Å². The average Bonchev–Trinajstić information content (AvgIpc) is 2.44. The Balaban J connectivity index is 1.71. The van der Waals surface area contributed by atoms with E-state index in [1.807, 2.05) is 18.2 Å². The predicted octanol–water partition coefficient (Wildman–Crippen LogP) is 2.73. The van der Waals surface area contributed by atoms with E-state index in [2.05, 4.69) is 12.2 Å². The maximum atomic E-state index is 12.2. The Hall–Kier alpha value is -1.71. The minimum atomic E-state index is -0.185. The molecule has 0 radical (unpaired) electrons. The summed E-state index contributed by atoms with van der Waals surface area (Å²) in [5, 5.41) is 2.98. The monoisotopic (exact) mass is 276 g/mol. The molecule has 1 amide bonds. The number of benzene rings is 1. The van der Waals surface area contributed by atoms with Gasteiger partial charge in [-0.2, -0.15) is 0 Å². The van der Waals surface area contributed by atoms with Crippen LogP contribution in [-0.4, -0.2) is 19.1 Å². The van der Waals surface area contributed by atoms with Gasteiger partial charge in [0.25, 0.3) is 0 Å². The molecule has 0 aromatic heterocycles. The summed E-state index contributed by atoms with van der Waals surface area (Å²) in [5.74, 6) is 0.900. The van der Waals surface area contributed by atoms with Gasteiger partial charge in [-0.3, -0.25) is 4.79 Å². The van der Waals surface area contributed by atoms with Gasteiger partial charge in [-0.05, 0) is 25.0 Å². The van der Waals surface area contributed by atoms with E-state index in [0.29, 0.717) is 18.8 Å². The summed E-state index contributed by atoms with van der Waals surface area (Å²) in [7, 11) is 0. The molecule has 0 spiro atoms. The van der Waals surface area contributed by atoms with Crippen LogP contribution in [-0.2, 0) is 4.79 Å². The number of amides is 1. The molecule has 20 heavy (non-hydrogen) atoms. The van der Waals surface area contributed by atoms with E-state index in [9.17, 15) is 4.79 Å². The highest BCUT2D eigenvalue weighted by Crippen LogP contribution is 2.35. The lowest BCUT2D eigenvalue weighted by molar-refractivity contribution is -0.131. The number of anilines is 1. The van der Waals surface area contributed by atoms with E-state index in [1.54, 1.807) is 6.07 Å². The van der Waals surface area contributed by atoms with Crippen molar-refractivity contribution in [3.8, 4) is 5.75 Å². The first-order valence-electron chi connectivity index (χ1n) is 7.37. The minimum Gasteiger partial charge on any atom is -0.492 e. The molecule has 0 aliphatic heterocycles. The van der Waals surface area contributed by atoms with Crippen molar-refractivity contribution in [1.82, 2.24) is 5.32 Å². The van der Waals surface area contributed by atoms with E-state index in [4.69, 9.17) is 10.5 Å². The van der Waals surface area contributed by atoms with Crippen LogP contribution < -0.4 is 15.8 Å². The topological polar surface area (TPSA) is 64.3 Å². The van der Waals surface area contributed by atoms with Crippen LogP contribution in [0.3, 0.4) is 0 Å². The molecule has 1 aliphatic carbocycles. The van der Waals surface area contributed by atoms with Crippen molar-refractivity contribution in [1.29, 1.82) is 0 Å². The number of ether oxygens (including phenoxy) is 1. The Morgan fingerprint density at radius 3 is 2.80 bits per heavy atom. The fourth-order valence-corrected chi connectivity index (χ4v) is 2.71. The van der Waals surface area contributed by atoms with Crippen LogP contribution in [0, 0.1) is 5.41 Å². The normalized spacial score (nSPS) is 17.4. The maximum Gasteiger partial charge on any atom is 0.226 e. The number of nitrogen functional groups attached to an aromatic ring is 1. The lowest BCUT2D eigenvalue weighted by Gasteiger charge is -2.31. The zero-order valence-corrected chi connectivity index (χ0v) is 12.2. The molecule has 0 heterocycles. The van der Waals surface area contributed by atoms with E-state index in [0.717, 1.165) is 31.4 Å². The predicted molar refractivity (Wildman–Crippen MR) is 80.6 cm³/mol. The van der Waals surface area contributed by atoms with Crippen LogP contribution in [0.1, 0.15) is 39.0 Å². The highest BCUT2D eigenvalue weighted by atomic mass is 16.5. The van der Waals surface area contributed by atoms with E-state index in [-0.39, 0.29) is 11.3 Å². The van der Waals surface area contributed by atoms with Crippen molar-refractivity contribution in [3.05, 3.63) is 24.3 Å². The van der Waals surface area contributed by atoms with Crippen molar-refractivity contribution < 1.29 is 9.53 Å². The van der Waals surface area contributed by atoms with E-state index >= 15 is 0 Å². The molecule has 1 aromatic rings. The van der Waals surface area contributed by atoms with Crippen LogP contribution in [0.15, 0.2) is 24.3 Å². The molecule has 110 valence electrons. The van der Waals surface area contributed by atoms with E-state index in [1.165, 1.54) is 6.42 Å². The van der Waals surface area contributed by atoms with Crippen molar-refractivity contribution in [2.24, 2.45) is 5.41 Å². The van der Waals surface area contributed by atoms with Gasteiger partial charge in [0.05, 0.1) is 6.54 Å². The standard InChI is InChI=1S/C16H24N2O2/c1-16(8-3-2-4-9-16)15(19)18-10-11-20-14-7-5-6-13(17)12-14/h5-7,12H,2-4,8-11,17H2,1H3,(H,18,19). The number of hydrogen-bond acceptors (Lipinski definition) is 3. The molecule has 3 N–H and O–H groups in total. The third kappa shape index (κ3) is 3.89. The third-order valence-corrected chi connectivity index (χ3v) is 4.02. The lowest BCUT2D eigenvalue weighted by Crippen LogP contribution is -2.41. The summed E-state index contributed by atoms with van der Waals surface area (Å²) >= 11 is 0. The summed E-state index contributed by atoms with van der Waals surface area (Å²) in [5.41, 5.74) is 6.17. The van der Waals surface area contributed by atoms with Crippen LogP contribution in [0.5, 0.6) is 5.75 Å². The van der Waals surface area contributed by atoms with Crippen LogP contribution in [0.4, 0.5) is 5.69 Å². The van der Waals surface area contributed by atoms with Gasteiger partial charge in [-0.15, -0.1) is 0 Å². The summed E-state index contributed by atoms with van der Waals surface area (Å²) in [6.45, 7) is 3.06. The number of carbonyl (C=O) groups is 1. The first-order valence-corrected chi connectivity index (χ1v) is 7.37. The Bertz CT molecular complexity index is 454. The fourth-order valence-electron chi connectivity index (χ4n) is 2.71. The molecule has 1 saturated carbocycles. The van der Waals surface area contributed by atoms with Gasteiger partial charge >= 0.3 is 0 Å². The van der Waals surface area contributed by atoms with Gasteiger partial charge < -0.3 is 15.8 Å². The van der Waals surface area contributed by atoms with Crippen LogP contribution in [0.2, 0.25) is 0 Å². The van der Waals surface area contributed by atoms with Crippen LogP contribution in [0.25, 0.3) is 0 Å².